The van der Waals surface area contributed by atoms with Gasteiger partial charge in [0.1, 0.15) is 12.2 Å². The number of rotatable bonds is 1. The molecule has 1 amide bonds. The number of benzene rings is 1. The van der Waals surface area contributed by atoms with Gasteiger partial charge in [0.2, 0.25) is 5.91 Å². The third-order valence-electron chi connectivity index (χ3n) is 2.58. The summed E-state index contributed by atoms with van der Waals surface area (Å²) in [5, 5.41) is 3.46. The van der Waals surface area contributed by atoms with E-state index >= 15 is 0 Å². The van der Waals surface area contributed by atoms with Crippen LogP contribution in [0.25, 0.3) is 0 Å². The van der Waals surface area contributed by atoms with E-state index in [4.69, 9.17) is 16.3 Å². The van der Waals surface area contributed by atoms with E-state index in [0.29, 0.717) is 11.6 Å². The van der Waals surface area contributed by atoms with Gasteiger partial charge in [0.15, 0.2) is 0 Å². The van der Waals surface area contributed by atoms with E-state index in [-0.39, 0.29) is 12.5 Å². The van der Waals surface area contributed by atoms with Crippen LogP contribution in [0, 0.1) is 0 Å². The molecule has 1 atom stereocenters. The van der Waals surface area contributed by atoms with Crippen LogP contribution in [-0.4, -0.2) is 19.1 Å². The minimum absolute atomic E-state index is 0.0745. The van der Waals surface area contributed by atoms with E-state index < -0.39 is 5.60 Å². The molecule has 1 aromatic rings. The SMILES string of the molecule is CC1(c2cccc(Cl)c2)CNC(=O)CO1. The Kier molecular flexibility index (Phi) is 2.67. The lowest BCUT2D eigenvalue weighted by atomic mass is 9.95. The van der Waals surface area contributed by atoms with E-state index in [0.717, 1.165) is 5.56 Å². The molecule has 1 saturated heterocycles. The molecule has 3 nitrogen and oxygen atoms in total. The first kappa shape index (κ1) is 10.5. The minimum Gasteiger partial charge on any atom is -0.359 e. The zero-order valence-electron chi connectivity index (χ0n) is 8.42. The van der Waals surface area contributed by atoms with Gasteiger partial charge in [-0.25, -0.2) is 0 Å². The predicted octanol–water partition coefficient (Wildman–Crippen LogP) is 1.70. The third-order valence-corrected chi connectivity index (χ3v) is 2.82. The number of hydrogen-bond donors (Lipinski definition) is 1. The van der Waals surface area contributed by atoms with Crippen molar-refractivity contribution in [1.29, 1.82) is 0 Å². The summed E-state index contributed by atoms with van der Waals surface area (Å²) in [6, 6.07) is 7.50. The number of carbonyl (C=O) groups is 1. The summed E-state index contributed by atoms with van der Waals surface area (Å²) >= 11 is 5.91. The van der Waals surface area contributed by atoms with Gasteiger partial charge < -0.3 is 10.1 Å². The molecule has 4 heteroatoms. The summed E-state index contributed by atoms with van der Waals surface area (Å²) in [7, 11) is 0. The van der Waals surface area contributed by atoms with Crippen molar-refractivity contribution in [1.82, 2.24) is 5.32 Å². The second kappa shape index (κ2) is 3.83. The molecule has 1 aliphatic rings. The van der Waals surface area contributed by atoms with Gasteiger partial charge in [0.25, 0.3) is 0 Å². The quantitative estimate of drug-likeness (QED) is 0.790. The van der Waals surface area contributed by atoms with Gasteiger partial charge in [-0.1, -0.05) is 23.7 Å². The molecule has 0 saturated carbocycles. The summed E-state index contributed by atoms with van der Waals surface area (Å²) in [5.41, 5.74) is 0.508. The van der Waals surface area contributed by atoms with Gasteiger partial charge in [0.05, 0.1) is 6.54 Å². The van der Waals surface area contributed by atoms with Crippen molar-refractivity contribution in [2.24, 2.45) is 0 Å². The second-order valence-corrected chi connectivity index (χ2v) is 4.24. The zero-order valence-corrected chi connectivity index (χ0v) is 9.17. The van der Waals surface area contributed by atoms with Crippen molar-refractivity contribution in [3.63, 3.8) is 0 Å². The molecule has 0 aromatic heterocycles. The first-order valence-corrected chi connectivity index (χ1v) is 5.15. The van der Waals surface area contributed by atoms with Crippen LogP contribution in [0.1, 0.15) is 12.5 Å². The van der Waals surface area contributed by atoms with Crippen LogP contribution in [0.4, 0.5) is 0 Å². The lowest BCUT2D eigenvalue weighted by Crippen LogP contribution is -2.48. The maximum absolute atomic E-state index is 11.0. The topological polar surface area (TPSA) is 38.3 Å². The molecule has 0 radical (unpaired) electrons. The molecule has 2 rings (SSSR count). The Morgan fingerprint density at radius 2 is 2.33 bits per heavy atom. The molecule has 1 fully saturated rings. The fraction of sp³-hybridized carbons (Fsp3) is 0.364. The number of morpholine rings is 1. The lowest BCUT2D eigenvalue weighted by molar-refractivity contribution is -0.142. The number of amides is 1. The molecule has 1 heterocycles. The van der Waals surface area contributed by atoms with Crippen molar-refractivity contribution in [3.05, 3.63) is 34.9 Å². The van der Waals surface area contributed by atoms with E-state index in [9.17, 15) is 4.79 Å². The number of hydrogen-bond acceptors (Lipinski definition) is 2. The highest BCUT2D eigenvalue weighted by Crippen LogP contribution is 2.28. The highest BCUT2D eigenvalue weighted by atomic mass is 35.5. The van der Waals surface area contributed by atoms with Crippen LogP contribution in [0.15, 0.2) is 24.3 Å². The molecule has 15 heavy (non-hydrogen) atoms. The molecule has 80 valence electrons. The Morgan fingerprint density at radius 1 is 1.53 bits per heavy atom. The molecule has 0 spiro atoms. The van der Waals surface area contributed by atoms with E-state index in [2.05, 4.69) is 5.32 Å². The minimum atomic E-state index is -0.473. The van der Waals surface area contributed by atoms with Crippen LogP contribution in [-0.2, 0) is 15.1 Å². The normalized spacial score (nSPS) is 26.1. The maximum Gasteiger partial charge on any atom is 0.246 e. The van der Waals surface area contributed by atoms with Crippen LogP contribution >= 0.6 is 11.6 Å². The highest BCUT2D eigenvalue weighted by molar-refractivity contribution is 6.30. The van der Waals surface area contributed by atoms with Crippen molar-refractivity contribution in [2.75, 3.05) is 13.2 Å². The Morgan fingerprint density at radius 3 is 2.93 bits per heavy atom. The Labute approximate surface area is 93.4 Å². The average molecular weight is 226 g/mol. The van der Waals surface area contributed by atoms with Crippen LogP contribution < -0.4 is 5.32 Å². The highest BCUT2D eigenvalue weighted by Gasteiger charge is 2.32. The molecule has 1 aliphatic heterocycles. The summed E-state index contributed by atoms with van der Waals surface area (Å²) in [4.78, 5) is 11.0. The summed E-state index contributed by atoms with van der Waals surface area (Å²) < 4.78 is 5.55. The predicted molar refractivity (Wildman–Crippen MR) is 57.8 cm³/mol. The Balaban J connectivity index is 2.25. The van der Waals surface area contributed by atoms with Crippen molar-refractivity contribution in [3.8, 4) is 0 Å². The largest absolute Gasteiger partial charge is 0.359 e. The van der Waals surface area contributed by atoms with E-state index in [1.165, 1.54) is 0 Å². The van der Waals surface area contributed by atoms with E-state index in [1.54, 1.807) is 0 Å². The molecular weight excluding hydrogens is 214 g/mol. The lowest BCUT2D eigenvalue weighted by Gasteiger charge is -2.34. The third kappa shape index (κ3) is 2.13. The smallest absolute Gasteiger partial charge is 0.246 e. The molecule has 1 unspecified atom stereocenters. The van der Waals surface area contributed by atoms with Gasteiger partial charge in [-0.15, -0.1) is 0 Å². The van der Waals surface area contributed by atoms with Crippen molar-refractivity contribution < 1.29 is 9.53 Å². The van der Waals surface area contributed by atoms with E-state index in [1.807, 2.05) is 31.2 Å². The zero-order chi connectivity index (χ0) is 10.9. The maximum atomic E-state index is 11.0. The summed E-state index contributed by atoms with van der Waals surface area (Å²) in [5.74, 6) is -0.0745. The van der Waals surface area contributed by atoms with Gasteiger partial charge in [-0.2, -0.15) is 0 Å². The number of carbonyl (C=O) groups excluding carboxylic acids is 1. The molecule has 0 aliphatic carbocycles. The summed E-state index contributed by atoms with van der Waals surface area (Å²) in [6.07, 6.45) is 0. The van der Waals surface area contributed by atoms with Gasteiger partial charge in [0, 0.05) is 5.02 Å². The molecule has 1 N–H and O–H groups in total. The van der Waals surface area contributed by atoms with Gasteiger partial charge >= 0.3 is 0 Å². The fourth-order valence-electron chi connectivity index (χ4n) is 1.60. The Hall–Kier alpha value is -1.06. The average Bonchev–Trinajstić information content (AvgIpc) is 2.23. The molecule has 0 bridgehead atoms. The summed E-state index contributed by atoms with van der Waals surface area (Å²) in [6.45, 7) is 2.52. The first-order chi connectivity index (χ1) is 7.10. The standard InChI is InChI=1S/C11H12ClNO2/c1-11(7-13-10(14)6-15-11)8-3-2-4-9(12)5-8/h2-5H,6-7H2,1H3,(H,13,14). The number of halogens is 1. The van der Waals surface area contributed by atoms with Crippen LogP contribution in [0.3, 0.4) is 0 Å². The van der Waals surface area contributed by atoms with Crippen LogP contribution in [0.2, 0.25) is 5.02 Å². The second-order valence-electron chi connectivity index (χ2n) is 3.81. The molecule has 1 aromatic carbocycles. The first-order valence-electron chi connectivity index (χ1n) is 4.77. The van der Waals surface area contributed by atoms with Gasteiger partial charge in [-0.3, -0.25) is 4.79 Å². The monoisotopic (exact) mass is 225 g/mol. The van der Waals surface area contributed by atoms with Crippen molar-refractivity contribution >= 4 is 17.5 Å². The van der Waals surface area contributed by atoms with Gasteiger partial charge in [-0.05, 0) is 24.6 Å². The fourth-order valence-corrected chi connectivity index (χ4v) is 1.79. The number of ether oxygens (including phenoxy) is 1. The Bertz CT molecular complexity index is 382. The number of nitrogens with one attached hydrogen (secondary N) is 1. The molecular formula is C11H12ClNO2. The van der Waals surface area contributed by atoms with Crippen molar-refractivity contribution in [2.45, 2.75) is 12.5 Å². The van der Waals surface area contributed by atoms with Crippen LogP contribution in [0.5, 0.6) is 0 Å².